The van der Waals surface area contributed by atoms with Crippen molar-refractivity contribution in [3.63, 3.8) is 0 Å². The van der Waals surface area contributed by atoms with Gasteiger partial charge in [-0.15, -0.1) is 9.38 Å². The molecule has 4 rings (SSSR count). The van der Waals surface area contributed by atoms with Crippen LogP contribution >= 0.6 is 0 Å². The largest absolute Gasteiger partial charge is 0.444 e. The van der Waals surface area contributed by atoms with Crippen LogP contribution in [0.25, 0.3) is 0 Å². The van der Waals surface area contributed by atoms with Crippen molar-refractivity contribution in [1.82, 2.24) is 25.1 Å². The van der Waals surface area contributed by atoms with Crippen molar-refractivity contribution in [1.29, 1.82) is 0 Å². The number of piperazine rings is 1. The highest BCUT2D eigenvalue weighted by Gasteiger charge is 2.49. The maximum absolute atomic E-state index is 12.6. The van der Waals surface area contributed by atoms with Gasteiger partial charge in [-0.05, 0) is 33.6 Å². The highest BCUT2D eigenvalue weighted by Crippen LogP contribution is 2.38. The molecule has 1 N–H and O–H groups in total. The van der Waals surface area contributed by atoms with Crippen LogP contribution in [-0.4, -0.2) is 94.5 Å². The first-order chi connectivity index (χ1) is 14.9. The second-order valence-electron chi connectivity index (χ2n) is 8.89. The van der Waals surface area contributed by atoms with Crippen LogP contribution in [0.15, 0.2) is 4.42 Å². The third kappa shape index (κ3) is 4.73. The number of ether oxygens (including phenoxy) is 1. The van der Waals surface area contributed by atoms with Crippen LogP contribution < -0.4 is 4.90 Å². The van der Waals surface area contributed by atoms with Crippen LogP contribution in [0.2, 0.25) is 0 Å². The Kier molecular flexibility index (Phi) is 5.67. The van der Waals surface area contributed by atoms with Gasteiger partial charge < -0.3 is 23.9 Å². The van der Waals surface area contributed by atoms with E-state index in [0.717, 1.165) is 0 Å². The van der Waals surface area contributed by atoms with Crippen molar-refractivity contribution in [3.05, 3.63) is 5.89 Å². The number of carbonyl (C=O) groups excluding carboxylic acids is 2. The second-order valence-corrected chi connectivity index (χ2v) is 9.89. The maximum atomic E-state index is 12.6. The van der Waals surface area contributed by atoms with Gasteiger partial charge in [0.2, 0.25) is 5.89 Å². The van der Waals surface area contributed by atoms with Crippen molar-refractivity contribution in [2.75, 3.05) is 37.6 Å². The molecule has 2 atom stereocenters. The number of fused-ring (bicyclic) bond motifs is 2. The van der Waals surface area contributed by atoms with Crippen molar-refractivity contribution >= 4 is 28.5 Å². The van der Waals surface area contributed by atoms with E-state index in [9.17, 15) is 18.0 Å². The lowest BCUT2D eigenvalue weighted by Gasteiger charge is -2.34. The number of aromatic nitrogens is 2. The Labute approximate surface area is 184 Å². The molecule has 0 radical (unpaired) electrons. The van der Waals surface area contributed by atoms with Crippen molar-refractivity contribution in [3.8, 4) is 0 Å². The molecule has 0 saturated carbocycles. The van der Waals surface area contributed by atoms with E-state index in [2.05, 4.69) is 14.5 Å². The highest BCUT2D eigenvalue weighted by atomic mass is 32.3. The Bertz CT molecular complexity index is 983. The Morgan fingerprint density at radius 2 is 1.84 bits per heavy atom. The monoisotopic (exact) mass is 474 g/mol. The Hall–Kier alpha value is -2.65. The van der Waals surface area contributed by atoms with Crippen LogP contribution in [0.5, 0.6) is 0 Å². The average Bonchev–Trinajstić information content (AvgIpc) is 3.27. The molecular formula is C17H26N6O8S. The van der Waals surface area contributed by atoms with Crippen LogP contribution in [0.4, 0.5) is 15.6 Å². The molecule has 3 aliphatic rings. The molecule has 32 heavy (non-hydrogen) atoms. The summed E-state index contributed by atoms with van der Waals surface area (Å²) in [6, 6.07) is -1.44. The number of hydroxylamine groups is 2. The summed E-state index contributed by atoms with van der Waals surface area (Å²) >= 11 is 0. The molecule has 14 nitrogen and oxygen atoms in total. The summed E-state index contributed by atoms with van der Waals surface area (Å²) in [5.74, 6) is 0.232. The number of anilines is 1. The van der Waals surface area contributed by atoms with E-state index in [1.807, 2.05) is 25.7 Å². The topological polar surface area (TPSA) is 159 Å². The van der Waals surface area contributed by atoms with Crippen LogP contribution in [0, 0.1) is 0 Å². The first-order valence-electron chi connectivity index (χ1n) is 10.2. The van der Waals surface area contributed by atoms with Gasteiger partial charge in [0.05, 0.1) is 6.04 Å². The predicted octanol–water partition coefficient (Wildman–Crippen LogP) is 0.802. The summed E-state index contributed by atoms with van der Waals surface area (Å²) < 4.78 is 46.6. The van der Waals surface area contributed by atoms with Gasteiger partial charge >= 0.3 is 28.5 Å². The Balaban J connectivity index is 1.38. The zero-order valence-electron chi connectivity index (χ0n) is 18.0. The fourth-order valence-electron chi connectivity index (χ4n) is 3.98. The molecule has 1 aromatic heterocycles. The number of urea groups is 1. The molecule has 0 spiro atoms. The van der Waals surface area contributed by atoms with Crippen LogP contribution in [0.3, 0.4) is 0 Å². The highest BCUT2D eigenvalue weighted by molar-refractivity contribution is 7.80. The maximum Gasteiger partial charge on any atom is 0.418 e. The van der Waals surface area contributed by atoms with Gasteiger partial charge in [-0.25, -0.2) is 9.59 Å². The third-order valence-corrected chi connectivity index (χ3v) is 5.76. The lowest BCUT2D eigenvalue weighted by molar-refractivity contribution is -0.0317. The summed E-state index contributed by atoms with van der Waals surface area (Å²) in [4.78, 5) is 29.6. The van der Waals surface area contributed by atoms with Gasteiger partial charge in [-0.3, -0.25) is 4.55 Å². The summed E-state index contributed by atoms with van der Waals surface area (Å²) in [6.07, 6.45) is 0.536. The lowest BCUT2D eigenvalue weighted by Crippen LogP contribution is -2.50. The molecule has 1 aromatic rings. The number of hydrogen-bond acceptors (Lipinski definition) is 10. The third-order valence-electron chi connectivity index (χ3n) is 5.41. The quantitative estimate of drug-likeness (QED) is 0.615. The molecule has 0 aliphatic carbocycles. The number of carbonyl (C=O) groups is 2. The predicted molar refractivity (Wildman–Crippen MR) is 107 cm³/mol. The zero-order chi connectivity index (χ0) is 23.3. The van der Waals surface area contributed by atoms with E-state index >= 15 is 0 Å². The molecular weight excluding hydrogens is 448 g/mol. The van der Waals surface area contributed by atoms with Gasteiger partial charge in [-0.1, -0.05) is 5.10 Å². The molecule has 3 aliphatic heterocycles. The first-order valence-corrected chi connectivity index (χ1v) is 11.6. The normalized spacial score (nSPS) is 24.3. The van der Waals surface area contributed by atoms with E-state index < -0.39 is 34.1 Å². The standard InChI is InChI=1S/C17H26N6O8S/c1-17(2,3)30-16(25)21-8-6-20(7-9-21)14-19-18-13(29-14)12-5-4-11-10-22(12)15(24)23(11)31-32(26,27)28/h11-12H,4-10H2,1-3H3,(H,26,27,28)/t11-,12+/m1/s1. The minimum atomic E-state index is -4.81. The fraction of sp³-hybridized carbons (Fsp3) is 0.765. The van der Waals surface area contributed by atoms with Gasteiger partial charge in [0.1, 0.15) is 11.6 Å². The smallest absolute Gasteiger partial charge is 0.418 e. The Morgan fingerprint density at radius 3 is 2.47 bits per heavy atom. The van der Waals surface area contributed by atoms with Gasteiger partial charge in [0, 0.05) is 32.7 Å². The zero-order valence-corrected chi connectivity index (χ0v) is 18.8. The number of nitrogens with zero attached hydrogens (tertiary/aromatic N) is 6. The molecule has 3 amide bonds. The Morgan fingerprint density at radius 1 is 1.16 bits per heavy atom. The summed E-state index contributed by atoms with van der Waals surface area (Å²) in [5, 5.41) is 8.84. The summed E-state index contributed by atoms with van der Waals surface area (Å²) in [7, 11) is -4.81. The molecule has 3 fully saturated rings. The lowest BCUT2D eigenvalue weighted by atomic mass is 10.0. The summed E-state index contributed by atoms with van der Waals surface area (Å²) in [5.41, 5.74) is -0.566. The van der Waals surface area contributed by atoms with E-state index in [1.165, 1.54) is 4.90 Å². The van der Waals surface area contributed by atoms with E-state index in [-0.39, 0.29) is 24.5 Å². The minimum Gasteiger partial charge on any atom is -0.444 e. The molecule has 0 aromatic carbocycles. The molecule has 2 bridgehead atoms. The van der Waals surface area contributed by atoms with Crippen molar-refractivity contribution < 1.29 is 36.0 Å². The van der Waals surface area contributed by atoms with Crippen molar-refractivity contribution in [2.45, 2.75) is 51.3 Å². The number of piperidine rings is 1. The fourth-order valence-corrected chi connectivity index (χ4v) is 4.37. The molecule has 15 heteroatoms. The molecule has 3 saturated heterocycles. The van der Waals surface area contributed by atoms with Gasteiger partial charge in [0.25, 0.3) is 0 Å². The van der Waals surface area contributed by atoms with Crippen LogP contribution in [-0.2, 0) is 19.4 Å². The molecule has 4 heterocycles. The second kappa shape index (κ2) is 8.04. The number of rotatable bonds is 4. The van der Waals surface area contributed by atoms with E-state index in [4.69, 9.17) is 13.7 Å². The van der Waals surface area contributed by atoms with E-state index in [0.29, 0.717) is 44.1 Å². The first kappa shape index (κ1) is 22.5. The summed E-state index contributed by atoms with van der Waals surface area (Å²) in [6.45, 7) is 7.48. The van der Waals surface area contributed by atoms with Crippen LogP contribution in [0.1, 0.15) is 45.5 Å². The van der Waals surface area contributed by atoms with E-state index in [1.54, 1.807) is 4.90 Å². The number of amides is 3. The van der Waals surface area contributed by atoms with Crippen molar-refractivity contribution in [2.24, 2.45) is 0 Å². The number of hydrogen-bond donors (Lipinski definition) is 1. The van der Waals surface area contributed by atoms with Gasteiger partial charge in [-0.2, -0.15) is 13.5 Å². The SMILES string of the molecule is CC(C)(C)OC(=O)N1CCN(c2nnc([C@@H]3CC[C@@H]4CN3C(=O)N4OS(=O)(=O)O)o2)CC1. The minimum absolute atomic E-state index is 0.214. The molecule has 178 valence electrons. The molecule has 0 unspecified atom stereocenters. The van der Waals surface area contributed by atoms with Gasteiger partial charge in [0.15, 0.2) is 0 Å². The average molecular weight is 474 g/mol.